The Morgan fingerprint density at radius 2 is 1.84 bits per heavy atom. The molecule has 0 spiro atoms. The summed E-state index contributed by atoms with van der Waals surface area (Å²) in [5, 5.41) is 0. The molecule has 0 bridgehead atoms. The van der Waals surface area contributed by atoms with Gasteiger partial charge >= 0.3 is 5.97 Å². The van der Waals surface area contributed by atoms with Gasteiger partial charge in [-0.1, -0.05) is 13.0 Å². The van der Waals surface area contributed by atoms with E-state index in [1.165, 1.54) is 11.8 Å². The quantitative estimate of drug-likeness (QED) is 0.344. The van der Waals surface area contributed by atoms with Crippen molar-refractivity contribution in [3.05, 3.63) is 47.5 Å². The third kappa shape index (κ3) is 5.14. The summed E-state index contributed by atoms with van der Waals surface area (Å²) in [6, 6.07) is 9.91. The molecule has 0 saturated heterocycles. The van der Waals surface area contributed by atoms with Crippen molar-refractivity contribution in [2.24, 2.45) is 0 Å². The molecule has 1 amide bonds. The smallest absolute Gasteiger partial charge is 0.311 e. The van der Waals surface area contributed by atoms with E-state index >= 15 is 0 Å². The summed E-state index contributed by atoms with van der Waals surface area (Å²) in [5.74, 6) is 0.643. The van der Waals surface area contributed by atoms with Crippen LogP contribution in [0.2, 0.25) is 0 Å². The van der Waals surface area contributed by atoms with Crippen molar-refractivity contribution in [3.8, 4) is 23.0 Å². The van der Waals surface area contributed by atoms with E-state index in [9.17, 15) is 14.4 Å². The van der Waals surface area contributed by atoms with Gasteiger partial charge in [0.25, 0.3) is 5.91 Å². The maximum atomic E-state index is 12.8. The molecule has 0 fully saturated rings. The molecule has 164 valence electrons. The molecule has 0 N–H and O–H groups in total. The van der Waals surface area contributed by atoms with Crippen LogP contribution in [-0.2, 0) is 4.79 Å². The standard InChI is InChI=1S/C23H25NO7/c1-4-21(26)31-22-19(28-5-2)7-6-8-20(22)29-12-11-24-14-30-18-10-9-16(15(3)25)13-17(18)23(24)27/h6-10,13H,4-5,11-12,14H2,1-3H3. The average Bonchev–Trinajstić information content (AvgIpc) is 2.77. The van der Waals surface area contributed by atoms with Gasteiger partial charge in [0, 0.05) is 12.0 Å². The Kier molecular flexibility index (Phi) is 7.12. The van der Waals surface area contributed by atoms with E-state index < -0.39 is 5.97 Å². The molecule has 0 saturated carbocycles. The zero-order valence-corrected chi connectivity index (χ0v) is 17.8. The number of rotatable bonds is 9. The molecule has 1 heterocycles. The van der Waals surface area contributed by atoms with Gasteiger partial charge in [-0.15, -0.1) is 0 Å². The van der Waals surface area contributed by atoms with Gasteiger partial charge in [-0.25, -0.2) is 0 Å². The largest absolute Gasteiger partial charge is 0.490 e. The minimum absolute atomic E-state index is 0.0747. The summed E-state index contributed by atoms with van der Waals surface area (Å²) in [5.41, 5.74) is 0.791. The molecule has 31 heavy (non-hydrogen) atoms. The second-order valence-corrected chi connectivity index (χ2v) is 6.80. The first-order valence-electron chi connectivity index (χ1n) is 10.1. The van der Waals surface area contributed by atoms with E-state index in [4.69, 9.17) is 18.9 Å². The Morgan fingerprint density at radius 3 is 2.52 bits per heavy atom. The molecule has 1 aliphatic heterocycles. The number of carbonyl (C=O) groups is 3. The fraction of sp³-hybridized carbons (Fsp3) is 0.348. The van der Waals surface area contributed by atoms with Crippen molar-refractivity contribution < 1.29 is 33.3 Å². The van der Waals surface area contributed by atoms with E-state index in [-0.39, 0.29) is 43.7 Å². The molecule has 0 aromatic heterocycles. The van der Waals surface area contributed by atoms with Crippen LogP contribution in [0, 0.1) is 0 Å². The maximum Gasteiger partial charge on any atom is 0.311 e. The number of hydrogen-bond donors (Lipinski definition) is 0. The Morgan fingerprint density at radius 1 is 1.10 bits per heavy atom. The summed E-state index contributed by atoms with van der Waals surface area (Å²) in [6.45, 7) is 5.83. The van der Waals surface area contributed by atoms with Crippen LogP contribution in [0.4, 0.5) is 0 Å². The van der Waals surface area contributed by atoms with Crippen LogP contribution in [0.5, 0.6) is 23.0 Å². The van der Waals surface area contributed by atoms with Crippen LogP contribution < -0.4 is 18.9 Å². The summed E-state index contributed by atoms with van der Waals surface area (Å²) in [7, 11) is 0. The molecule has 3 rings (SSSR count). The van der Waals surface area contributed by atoms with Gasteiger partial charge in [0.2, 0.25) is 5.75 Å². The van der Waals surface area contributed by atoms with Crippen molar-refractivity contribution in [2.45, 2.75) is 27.2 Å². The first-order valence-corrected chi connectivity index (χ1v) is 10.1. The molecular weight excluding hydrogens is 402 g/mol. The highest BCUT2D eigenvalue weighted by Crippen LogP contribution is 2.37. The number of ether oxygens (including phenoxy) is 4. The van der Waals surface area contributed by atoms with E-state index in [1.807, 2.05) is 6.92 Å². The minimum atomic E-state index is -0.408. The molecule has 8 heteroatoms. The van der Waals surface area contributed by atoms with Gasteiger partial charge in [0.05, 0.1) is 18.7 Å². The summed E-state index contributed by atoms with van der Waals surface area (Å²) in [6.07, 6.45) is 0.210. The van der Waals surface area contributed by atoms with Crippen LogP contribution in [0.3, 0.4) is 0 Å². The van der Waals surface area contributed by atoms with Crippen LogP contribution in [-0.4, -0.2) is 49.0 Å². The lowest BCUT2D eigenvalue weighted by Gasteiger charge is -2.29. The fourth-order valence-electron chi connectivity index (χ4n) is 3.02. The number of fused-ring (bicyclic) bond motifs is 1. The van der Waals surface area contributed by atoms with Crippen molar-refractivity contribution in [3.63, 3.8) is 0 Å². The van der Waals surface area contributed by atoms with Crippen molar-refractivity contribution in [1.29, 1.82) is 0 Å². The van der Waals surface area contributed by atoms with Gasteiger partial charge in [0.1, 0.15) is 12.4 Å². The minimum Gasteiger partial charge on any atom is -0.490 e. The lowest BCUT2D eigenvalue weighted by molar-refractivity contribution is -0.134. The van der Waals surface area contributed by atoms with Crippen LogP contribution in [0.25, 0.3) is 0 Å². The number of hydrogen-bond acceptors (Lipinski definition) is 7. The Labute approximate surface area is 180 Å². The Balaban J connectivity index is 1.70. The first kappa shape index (κ1) is 22.1. The predicted octanol–water partition coefficient (Wildman–Crippen LogP) is 3.47. The fourth-order valence-corrected chi connectivity index (χ4v) is 3.02. The number of ketones is 1. The predicted molar refractivity (Wildman–Crippen MR) is 112 cm³/mol. The van der Waals surface area contributed by atoms with Crippen LogP contribution >= 0.6 is 0 Å². The number of para-hydroxylation sites is 1. The number of amides is 1. The van der Waals surface area contributed by atoms with Gasteiger partial charge in [0.15, 0.2) is 24.0 Å². The monoisotopic (exact) mass is 427 g/mol. The summed E-state index contributed by atoms with van der Waals surface area (Å²) in [4.78, 5) is 37.7. The van der Waals surface area contributed by atoms with E-state index in [0.717, 1.165) is 0 Å². The third-order valence-electron chi connectivity index (χ3n) is 4.65. The highest BCUT2D eigenvalue weighted by molar-refractivity contribution is 6.02. The van der Waals surface area contributed by atoms with Crippen LogP contribution in [0.15, 0.2) is 36.4 Å². The van der Waals surface area contributed by atoms with Gasteiger partial charge in [-0.05, 0) is 44.2 Å². The molecule has 0 radical (unpaired) electrons. The highest BCUT2D eigenvalue weighted by Gasteiger charge is 2.26. The number of nitrogens with zero attached hydrogens (tertiary/aromatic N) is 1. The maximum absolute atomic E-state index is 12.8. The normalized spacial score (nSPS) is 12.6. The summed E-state index contributed by atoms with van der Waals surface area (Å²) < 4.78 is 22.4. The van der Waals surface area contributed by atoms with E-state index in [1.54, 1.807) is 43.3 Å². The molecule has 0 aliphatic carbocycles. The van der Waals surface area contributed by atoms with Crippen LogP contribution in [0.1, 0.15) is 47.9 Å². The lowest BCUT2D eigenvalue weighted by Crippen LogP contribution is -2.41. The molecule has 8 nitrogen and oxygen atoms in total. The Bertz CT molecular complexity index is 986. The average molecular weight is 427 g/mol. The molecule has 1 aliphatic rings. The number of carbonyl (C=O) groups excluding carboxylic acids is 3. The van der Waals surface area contributed by atoms with Gasteiger partial charge < -0.3 is 23.8 Å². The molecule has 2 aromatic rings. The second-order valence-electron chi connectivity index (χ2n) is 6.80. The van der Waals surface area contributed by atoms with E-state index in [2.05, 4.69) is 0 Å². The molecule has 2 aromatic carbocycles. The number of esters is 1. The second kappa shape index (κ2) is 9.97. The zero-order chi connectivity index (χ0) is 22.4. The Hall–Kier alpha value is -3.55. The van der Waals surface area contributed by atoms with Crippen molar-refractivity contribution in [2.75, 3.05) is 26.5 Å². The third-order valence-corrected chi connectivity index (χ3v) is 4.65. The van der Waals surface area contributed by atoms with Gasteiger partial charge in [-0.2, -0.15) is 0 Å². The number of benzene rings is 2. The lowest BCUT2D eigenvalue weighted by atomic mass is 10.1. The van der Waals surface area contributed by atoms with Crippen molar-refractivity contribution >= 4 is 17.7 Å². The molecular formula is C23H25NO7. The molecule has 0 unspecified atom stereocenters. The highest BCUT2D eigenvalue weighted by atomic mass is 16.6. The topological polar surface area (TPSA) is 91.4 Å². The SMILES string of the molecule is CCOc1cccc(OCCN2COc3ccc(C(C)=O)cc3C2=O)c1OC(=O)CC. The van der Waals surface area contributed by atoms with Gasteiger partial charge in [-0.3, -0.25) is 14.4 Å². The summed E-state index contributed by atoms with van der Waals surface area (Å²) >= 11 is 0. The molecule has 0 atom stereocenters. The first-order chi connectivity index (χ1) is 14.9. The van der Waals surface area contributed by atoms with Crippen molar-refractivity contribution in [1.82, 2.24) is 4.90 Å². The number of Topliss-reactive ketones (excluding diaryl/α,β-unsaturated/α-hetero) is 1. The zero-order valence-electron chi connectivity index (χ0n) is 17.8. The van der Waals surface area contributed by atoms with E-state index in [0.29, 0.717) is 35.0 Å².